The minimum Gasteiger partial charge on any atom is -0.354 e. The molecule has 1 saturated carbocycles. The van der Waals surface area contributed by atoms with Gasteiger partial charge in [-0.3, -0.25) is 9.48 Å². The molecule has 28 heavy (non-hydrogen) atoms. The highest BCUT2D eigenvalue weighted by Crippen LogP contribution is 2.23. The van der Waals surface area contributed by atoms with Crippen molar-refractivity contribution in [3.8, 4) is 0 Å². The van der Waals surface area contributed by atoms with Crippen molar-refractivity contribution >= 4 is 27.6 Å². The van der Waals surface area contributed by atoms with Gasteiger partial charge in [0.15, 0.2) is 0 Å². The van der Waals surface area contributed by atoms with Crippen LogP contribution in [-0.4, -0.2) is 46.8 Å². The summed E-state index contributed by atoms with van der Waals surface area (Å²) in [7, 11) is 2.22. The number of hydrogen-bond donors (Lipinski definition) is 1. The topological polar surface area (TPSA) is 50.2 Å². The zero-order valence-electron chi connectivity index (χ0n) is 16.7. The largest absolute Gasteiger partial charge is 0.354 e. The average Bonchev–Trinajstić information content (AvgIpc) is 3.11. The van der Waals surface area contributed by atoms with Gasteiger partial charge in [-0.2, -0.15) is 5.10 Å². The molecule has 148 valence electrons. The molecule has 0 bridgehead atoms. The molecule has 1 N–H and O–H groups in total. The molecule has 1 amide bonds. The van der Waals surface area contributed by atoms with Crippen LogP contribution in [-0.2, 0) is 11.3 Å². The van der Waals surface area contributed by atoms with Gasteiger partial charge in [-0.1, -0.05) is 43.5 Å². The van der Waals surface area contributed by atoms with Crippen LogP contribution >= 0.6 is 0 Å². The van der Waals surface area contributed by atoms with Crippen molar-refractivity contribution in [1.29, 1.82) is 0 Å². The molecule has 2 aromatic carbocycles. The van der Waals surface area contributed by atoms with E-state index in [2.05, 4.69) is 46.6 Å². The number of amides is 1. The van der Waals surface area contributed by atoms with Crippen molar-refractivity contribution in [2.24, 2.45) is 0 Å². The van der Waals surface area contributed by atoms with Crippen molar-refractivity contribution in [3.63, 3.8) is 0 Å². The van der Waals surface area contributed by atoms with Crippen LogP contribution in [0.25, 0.3) is 21.7 Å². The van der Waals surface area contributed by atoms with Crippen LogP contribution in [0.5, 0.6) is 0 Å². The molecule has 0 spiro atoms. The SMILES string of the molecule is CN(CCCNC(=O)Cn1ncc2cc3ccccc3cc21)C1CCCCC1. The van der Waals surface area contributed by atoms with E-state index in [0.29, 0.717) is 0 Å². The first kappa shape index (κ1) is 18.9. The number of hydrogen-bond acceptors (Lipinski definition) is 3. The van der Waals surface area contributed by atoms with E-state index >= 15 is 0 Å². The lowest BCUT2D eigenvalue weighted by atomic mass is 9.94. The lowest BCUT2D eigenvalue weighted by molar-refractivity contribution is -0.121. The van der Waals surface area contributed by atoms with E-state index in [-0.39, 0.29) is 12.5 Å². The monoisotopic (exact) mass is 378 g/mol. The Bertz CT molecular complexity index is 942. The fraction of sp³-hybridized carbons (Fsp3) is 0.478. The number of rotatable bonds is 7. The minimum atomic E-state index is 0.0264. The number of fused-ring (bicyclic) bond motifs is 2. The summed E-state index contributed by atoms with van der Waals surface area (Å²) < 4.78 is 1.80. The summed E-state index contributed by atoms with van der Waals surface area (Å²) in [5.74, 6) is 0.0264. The highest BCUT2D eigenvalue weighted by molar-refractivity contribution is 5.96. The van der Waals surface area contributed by atoms with Gasteiger partial charge in [0, 0.05) is 18.0 Å². The third-order valence-electron chi connectivity index (χ3n) is 6.01. The zero-order valence-corrected chi connectivity index (χ0v) is 16.7. The quantitative estimate of drug-likeness (QED) is 0.633. The van der Waals surface area contributed by atoms with Gasteiger partial charge in [-0.05, 0) is 55.8 Å². The Kier molecular flexibility index (Phi) is 5.91. The minimum absolute atomic E-state index is 0.0264. The summed E-state index contributed by atoms with van der Waals surface area (Å²) >= 11 is 0. The standard InChI is InChI=1S/C23H30N4O/c1-26(21-10-3-2-4-11-21)13-7-12-24-23(28)17-27-22-15-19-9-6-5-8-18(19)14-20(22)16-25-27/h5-6,8-9,14-16,21H,2-4,7,10-13,17H2,1H3,(H,24,28). The second-order valence-corrected chi connectivity index (χ2v) is 8.04. The fourth-order valence-electron chi connectivity index (χ4n) is 4.35. The normalized spacial score (nSPS) is 15.5. The lowest BCUT2D eigenvalue weighted by Gasteiger charge is -2.31. The van der Waals surface area contributed by atoms with E-state index in [0.717, 1.165) is 36.5 Å². The summed E-state index contributed by atoms with van der Waals surface area (Å²) in [6, 6.07) is 13.2. The second kappa shape index (κ2) is 8.74. The molecule has 1 aliphatic carbocycles. The maximum absolute atomic E-state index is 12.4. The lowest BCUT2D eigenvalue weighted by Crippen LogP contribution is -2.36. The van der Waals surface area contributed by atoms with Crippen molar-refractivity contribution < 1.29 is 4.79 Å². The Morgan fingerprint density at radius 2 is 1.89 bits per heavy atom. The predicted octanol–water partition coefficient (Wildman–Crippen LogP) is 3.96. The van der Waals surface area contributed by atoms with Crippen LogP contribution in [0.3, 0.4) is 0 Å². The molecule has 1 heterocycles. The highest BCUT2D eigenvalue weighted by Gasteiger charge is 2.17. The van der Waals surface area contributed by atoms with Gasteiger partial charge in [0.05, 0.1) is 11.7 Å². The molecule has 0 unspecified atom stereocenters. The van der Waals surface area contributed by atoms with Crippen molar-refractivity contribution in [2.75, 3.05) is 20.1 Å². The van der Waals surface area contributed by atoms with Crippen LogP contribution in [0.1, 0.15) is 38.5 Å². The van der Waals surface area contributed by atoms with Gasteiger partial charge < -0.3 is 10.2 Å². The molecule has 0 atom stereocenters. The molecule has 1 fully saturated rings. The third kappa shape index (κ3) is 4.36. The summed E-state index contributed by atoms with van der Waals surface area (Å²) in [5, 5.41) is 10.9. The smallest absolute Gasteiger partial charge is 0.241 e. The first-order chi connectivity index (χ1) is 13.7. The van der Waals surface area contributed by atoms with Crippen molar-refractivity contribution in [2.45, 2.75) is 51.1 Å². The zero-order chi connectivity index (χ0) is 19.3. The first-order valence-corrected chi connectivity index (χ1v) is 10.5. The number of carbonyl (C=O) groups excluding carboxylic acids is 1. The molecule has 5 heteroatoms. The number of benzene rings is 2. The van der Waals surface area contributed by atoms with Crippen molar-refractivity contribution in [1.82, 2.24) is 20.0 Å². The van der Waals surface area contributed by atoms with Crippen LogP contribution in [0.4, 0.5) is 0 Å². The first-order valence-electron chi connectivity index (χ1n) is 10.5. The van der Waals surface area contributed by atoms with Gasteiger partial charge in [-0.15, -0.1) is 0 Å². The van der Waals surface area contributed by atoms with Crippen LogP contribution in [0.2, 0.25) is 0 Å². The molecular formula is C23H30N4O. The van der Waals surface area contributed by atoms with Gasteiger partial charge in [0.1, 0.15) is 6.54 Å². The summed E-state index contributed by atoms with van der Waals surface area (Å²) in [6.07, 6.45) is 9.58. The maximum Gasteiger partial charge on any atom is 0.241 e. The summed E-state index contributed by atoms with van der Waals surface area (Å²) in [5.41, 5.74) is 1.01. The van der Waals surface area contributed by atoms with E-state index < -0.39 is 0 Å². The molecule has 5 nitrogen and oxygen atoms in total. The second-order valence-electron chi connectivity index (χ2n) is 8.04. The van der Waals surface area contributed by atoms with Gasteiger partial charge >= 0.3 is 0 Å². The van der Waals surface area contributed by atoms with Crippen LogP contribution in [0.15, 0.2) is 42.6 Å². The summed E-state index contributed by atoms with van der Waals surface area (Å²) in [6.45, 7) is 2.03. The van der Waals surface area contributed by atoms with Gasteiger partial charge in [0.25, 0.3) is 0 Å². The number of nitrogens with one attached hydrogen (secondary N) is 1. The van der Waals surface area contributed by atoms with Crippen LogP contribution in [0, 0.1) is 0 Å². The summed E-state index contributed by atoms with van der Waals surface area (Å²) in [4.78, 5) is 14.8. The molecule has 1 aromatic heterocycles. The molecule has 4 rings (SSSR count). The van der Waals surface area contributed by atoms with Crippen LogP contribution < -0.4 is 5.32 Å². The van der Waals surface area contributed by atoms with E-state index in [1.54, 1.807) is 4.68 Å². The van der Waals surface area contributed by atoms with Gasteiger partial charge in [-0.25, -0.2) is 0 Å². The Labute approximate surface area is 166 Å². The Morgan fingerprint density at radius 1 is 1.14 bits per heavy atom. The van der Waals surface area contributed by atoms with E-state index in [4.69, 9.17) is 0 Å². The molecule has 0 aliphatic heterocycles. The number of nitrogens with zero attached hydrogens (tertiary/aromatic N) is 3. The van der Waals surface area contributed by atoms with Gasteiger partial charge in [0.2, 0.25) is 5.91 Å². The molecular weight excluding hydrogens is 348 g/mol. The van der Waals surface area contributed by atoms with E-state index in [1.165, 1.54) is 42.9 Å². The van der Waals surface area contributed by atoms with Crippen molar-refractivity contribution in [3.05, 3.63) is 42.6 Å². The maximum atomic E-state index is 12.4. The number of carbonyl (C=O) groups is 1. The Morgan fingerprint density at radius 3 is 2.68 bits per heavy atom. The molecule has 0 radical (unpaired) electrons. The van der Waals surface area contributed by atoms with E-state index in [9.17, 15) is 4.79 Å². The molecule has 0 saturated heterocycles. The van der Waals surface area contributed by atoms with E-state index in [1.807, 2.05) is 18.3 Å². The fourth-order valence-corrected chi connectivity index (χ4v) is 4.35. The predicted molar refractivity (Wildman–Crippen MR) is 114 cm³/mol. The molecule has 3 aromatic rings. The third-order valence-corrected chi connectivity index (χ3v) is 6.01. The Hall–Kier alpha value is -2.40. The molecule has 1 aliphatic rings. The average molecular weight is 379 g/mol. The highest BCUT2D eigenvalue weighted by atomic mass is 16.2. The number of aromatic nitrogens is 2. The Balaban J connectivity index is 1.28.